The normalized spacial score (nSPS) is 12.9. The summed E-state index contributed by atoms with van der Waals surface area (Å²) in [7, 11) is 0. The highest BCUT2D eigenvalue weighted by atomic mass is 16.5. The molecule has 37 heavy (non-hydrogen) atoms. The van der Waals surface area contributed by atoms with Gasteiger partial charge < -0.3 is 15.2 Å². The second-order valence-electron chi connectivity index (χ2n) is 9.13. The van der Waals surface area contributed by atoms with Crippen LogP contribution < -0.4 is 5.32 Å². The number of carboxylic acid groups (broad SMARTS) is 1. The fourth-order valence-electron chi connectivity index (χ4n) is 5.00. The van der Waals surface area contributed by atoms with Gasteiger partial charge in [-0.3, -0.25) is 4.98 Å². The van der Waals surface area contributed by atoms with Gasteiger partial charge in [0.25, 0.3) is 0 Å². The van der Waals surface area contributed by atoms with Gasteiger partial charge in [0.2, 0.25) is 0 Å². The van der Waals surface area contributed by atoms with E-state index in [2.05, 4.69) is 35.4 Å². The number of aryl methyl sites for hydroxylation is 1. The number of carbonyl (C=O) groups is 2. The molecule has 1 aliphatic rings. The Morgan fingerprint density at radius 3 is 2.11 bits per heavy atom. The highest BCUT2D eigenvalue weighted by Crippen LogP contribution is 2.44. The summed E-state index contributed by atoms with van der Waals surface area (Å²) in [5.41, 5.74) is 8.26. The van der Waals surface area contributed by atoms with Gasteiger partial charge in [-0.15, -0.1) is 0 Å². The Morgan fingerprint density at radius 2 is 1.51 bits per heavy atom. The standard InChI is InChI=1S/C31H28N2O4/c1-2-21-9-3-4-10-22(21)28-16-15-20(18-32-28)17-29(30(34)35)33-31(36)37-19-27-25-13-7-5-11-23(25)24-12-6-8-14-26(24)27/h3-16,18,27,29H,2,17,19H2,1H3,(H,33,36)(H,34,35). The molecule has 0 radical (unpaired) electrons. The van der Waals surface area contributed by atoms with Gasteiger partial charge in [-0.1, -0.05) is 85.8 Å². The van der Waals surface area contributed by atoms with Crippen LogP contribution in [0.4, 0.5) is 4.79 Å². The van der Waals surface area contributed by atoms with Gasteiger partial charge in [0.15, 0.2) is 0 Å². The Labute approximate surface area is 216 Å². The molecule has 1 heterocycles. The molecule has 0 aliphatic heterocycles. The predicted octanol–water partition coefficient (Wildman–Crippen LogP) is 5.85. The van der Waals surface area contributed by atoms with E-state index in [0.717, 1.165) is 39.9 Å². The van der Waals surface area contributed by atoms with Gasteiger partial charge in [0.05, 0.1) is 5.69 Å². The minimum absolute atomic E-state index is 0.0934. The van der Waals surface area contributed by atoms with Crippen LogP contribution in [0.3, 0.4) is 0 Å². The average molecular weight is 493 g/mol. The first-order valence-corrected chi connectivity index (χ1v) is 12.4. The molecule has 6 heteroatoms. The smallest absolute Gasteiger partial charge is 0.407 e. The first kappa shape index (κ1) is 24.3. The molecule has 5 rings (SSSR count). The molecule has 2 N–H and O–H groups in total. The lowest BCUT2D eigenvalue weighted by Crippen LogP contribution is -2.42. The number of nitrogens with zero attached hydrogens (tertiary/aromatic N) is 1. The molecule has 186 valence electrons. The van der Waals surface area contributed by atoms with E-state index < -0.39 is 18.1 Å². The maximum absolute atomic E-state index is 12.6. The van der Waals surface area contributed by atoms with Crippen molar-refractivity contribution in [1.82, 2.24) is 10.3 Å². The van der Waals surface area contributed by atoms with E-state index in [0.29, 0.717) is 5.56 Å². The number of benzene rings is 3. The summed E-state index contributed by atoms with van der Waals surface area (Å²) >= 11 is 0. The second-order valence-corrected chi connectivity index (χ2v) is 9.13. The fraction of sp³-hybridized carbons (Fsp3) is 0.194. The molecule has 1 aromatic heterocycles. The Balaban J connectivity index is 1.23. The zero-order valence-electron chi connectivity index (χ0n) is 20.6. The van der Waals surface area contributed by atoms with E-state index in [1.54, 1.807) is 6.20 Å². The quantitative estimate of drug-likeness (QED) is 0.322. The van der Waals surface area contributed by atoms with Crippen LogP contribution >= 0.6 is 0 Å². The van der Waals surface area contributed by atoms with Crippen LogP contribution in [0.1, 0.15) is 35.1 Å². The third-order valence-corrected chi connectivity index (χ3v) is 6.87. The van der Waals surface area contributed by atoms with Crippen molar-refractivity contribution in [2.75, 3.05) is 6.61 Å². The highest BCUT2D eigenvalue weighted by molar-refractivity contribution is 5.81. The number of ether oxygens (including phenoxy) is 1. The number of pyridine rings is 1. The molecule has 0 saturated heterocycles. The molecule has 1 amide bonds. The lowest BCUT2D eigenvalue weighted by atomic mass is 9.98. The number of nitrogens with one attached hydrogen (secondary N) is 1. The third kappa shape index (κ3) is 5.09. The number of aliphatic carboxylic acids is 1. The van der Waals surface area contributed by atoms with Crippen molar-refractivity contribution in [1.29, 1.82) is 0 Å². The molecule has 1 atom stereocenters. The minimum Gasteiger partial charge on any atom is -0.480 e. The van der Waals surface area contributed by atoms with Gasteiger partial charge >= 0.3 is 12.1 Å². The average Bonchev–Trinajstić information content (AvgIpc) is 3.25. The number of carboxylic acids is 1. The van der Waals surface area contributed by atoms with Crippen LogP contribution in [-0.4, -0.2) is 34.8 Å². The van der Waals surface area contributed by atoms with Crippen LogP contribution in [0.2, 0.25) is 0 Å². The SMILES string of the molecule is CCc1ccccc1-c1ccc(CC(NC(=O)OCC2c3ccccc3-c3ccccc32)C(=O)O)cn1. The summed E-state index contributed by atoms with van der Waals surface area (Å²) in [4.78, 5) is 29.1. The number of hydrogen-bond donors (Lipinski definition) is 2. The number of alkyl carbamates (subject to hydrolysis) is 1. The Kier molecular flexibility index (Phi) is 6.99. The second kappa shape index (κ2) is 10.7. The van der Waals surface area contributed by atoms with Gasteiger partial charge in [0.1, 0.15) is 12.6 Å². The molecule has 0 bridgehead atoms. The fourth-order valence-corrected chi connectivity index (χ4v) is 5.00. The van der Waals surface area contributed by atoms with Crippen molar-refractivity contribution >= 4 is 12.1 Å². The zero-order chi connectivity index (χ0) is 25.8. The van der Waals surface area contributed by atoms with E-state index >= 15 is 0 Å². The third-order valence-electron chi connectivity index (χ3n) is 6.87. The van der Waals surface area contributed by atoms with Crippen LogP contribution in [0.5, 0.6) is 0 Å². The van der Waals surface area contributed by atoms with Gasteiger partial charge in [0, 0.05) is 24.1 Å². The molecule has 4 aromatic rings. The Morgan fingerprint density at radius 1 is 0.892 bits per heavy atom. The lowest BCUT2D eigenvalue weighted by Gasteiger charge is -2.17. The van der Waals surface area contributed by atoms with Crippen molar-refractivity contribution in [2.24, 2.45) is 0 Å². The lowest BCUT2D eigenvalue weighted by molar-refractivity contribution is -0.139. The van der Waals surface area contributed by atoms with E-state index in [-0.39, 0.29) is 18.9 Å². The molecule has 0 fully saturated rings. The molecule has 1 unspecified atom stereocenters. The van der Waals surface area contributed by atoms with Crippen LogP contribution in [0.15, 0.2) is 91.1 Å². The summed E-state index contributed by atoms with van der Waals surface area (Å²) < 4.78 is 5.53. The van der Waals surface area contributed by atoms with Crippen LogP contribution in [0.25, 0.3) is 22.4 Å². The Hall–Kier alpha value is -4.45. The summed E-state index contributed by atoms with van der Waals surface area (Å²) in [5, 5.41) is 12.2. The first-order chi connectivity index (χ1) is 18.0. The van der Waals surface area contributed by atoms with Crippen molar-refractivity contribution in [3.05, 3.63) is 113 Å². The summed E-state index contributed by atoms with van der Waals surface area (Å²) in [6.45, 7) is 2.22. The number of amides is 1. The number of carbonyl (C=O) groups excluding carboxylic acids is 1. The van der Waals surface area contributed by atoms with Gasteiger partial charge in [-0.25, -0.2) is 9.59 Å². The van der Waals surface area contributed by atoms with Crippen molar-refractivity contribution in [2.45, 2.75) is 31.7 Å². The maximum Gasteiger partial charge on any atom is 0.407 e. The van der Waals surface area contributed by atoms with E-state index in [1.807, 2.05) is 66.7 Å². The van der Waals surface area contributed by atoms with Gasteiger partial charge in [-0.2, -0.15) is 0 Å². The van der Waals surface area contributed by atoms with Gasteiger partial charge in [-0.05, 0) is 45.9 Å². The van der Waals surface area contributed by atoms with Crippen molar-refractivity contribution < 1.29 is 19.4 Å². The van der Waals surface area contributed by atoms with Crippen molar-refractivity contribution in [3.8, 4) is 22.4 Å². The first-order valence-electron chi connectivity index (χ1n) is 12.4. The van der Waals surface area contributed by atoms with Crippen molar-refractivity contribution in [3.63, 3.8) is 0 Å². The maximum atomic E-state index is 12.6. The molecular weight excluding hydrogens is 464 g/mol. The van der Waals surface area contributed by atoms with Crippen LogP contribution in [-0.2, 0) is 22.4 Å². The predicted molar refractivity (Wildman–Crippen MR) is 142 cm³/mol. The topological polar surface area (TPSA) is 88.5 Å². The minimum atomic E-state index is -1.13. The largest absolute Gasteiger partial charge is 0.480 e. The molecular formula is C31H28N2O4. The monoisotopic (exact) mass is 492 g/mol. The number of aromatic nitrogens is 1. The Bertz CT molecular complexity index is 1390. The molecule has 6 nitrogen and oxygen atoms in total. The highest BCUT2D eigenvalue weighted by Gasteiger charge is 2.29. The number of fused-ring (bicyclic) bond motifs is 3. The summed E-state index contributed by atoms with van der Waals surface area (Å²) in [5.74, 6) is -1.22. The molecule has 1 aliphatic carbocycles. The zero-order valence-corrected chi connectivity index (χ0v) is 20.6. The van der Waals surface area contributed by atoms with E-state index in [9.17, 15) is 14.7 Å². The molecule has 3 aromatic carbocycles. The number of rotatable bonds is 8. The van der Waals surface area contributed by atoms with E-state index in [1.165, 1.54) is 5.56 Å². The molecule has 0 saturated carbocycles. The van der Waals surface area contributed by atoms with E-state index in [4.69, 9.17) is 4.74 Å². The number of hydrogen-bond acceptors (Lipinski definition) is 4. The van der Waals surface area contributed by atoms with Crippen LogP contribution in [0, 0.1) is 0 Å². The molecule has 0 spiro atoms. The summed E-state index contributed by atoms with van der Waals surface area (Å²) in [6.07, 6.45) is 1.90. The summed E-state index contributed by atoms with van der Waals surface area (Å²) in [6, 6.07) is 26.8.